The molecule has 0 fully saturated rings. The lowest BCUT2D eigenvalue weighted by Crippen LogP contribution is -2.27. The number of rotatable bonds is 8. The SMILES string of the molecule is CCc1ccc(S(=O)(=O)NCCOc2ccc(C(C)C)cc2)s1. The molecular formula is C17H23NO3S2. The van der Waals surface area contributed by atoms with Crippen LogP contribution >= 0.6 is 11.3 Å². The van der Waals surface area contributed by atoms with Crippen LogP contribution in [0.5, 0.6) is 5.75 Å². The van der Waals surface area contributed by atoms with Gasteiger partial charge in [-0.15, -0.1) is 11.3 Å². The lowest BCUT2D eigenvalue weighted by molar-refractivity contribution is 0.323. The molecule has 0 aliphatic rings. The molecule has 4 nitrogen and oxygen atoms in total. The minimum atomic E-state index is -3.43. The third kappa shape index (κ3) is 5.06. The van der Waals surface area contributed by atoms with Crippen LogP contribution in [0.4, 0.5) is 0 Å². The van der Waals surface area contributed by atoms with Crippen LogP contribution in [0.15, 0.2) is 40.6 Å². The Balaban J connectivity index is 1.82. The quantitative estimate of drug-likeness (QED) is 0.735. The van der Waals surface area contributed by atoms with E-state index in [2.05, 4.69) is 18.6 Å². The third-order valence-electron chi connectivity index (χ3n) is 3.46. The Labute approximate surface area is 142 Å². The molecule has 0 atom stereocenters. The van der Waals surface area contributed by atoms with E-state index in [4.69, 9.17) is 4.74 Å². The van der Waals surface area contributed by atoms with Crippen molar-refractivity contribution in [2.45, 2.75) is 37.3 Å². The topological polar surface area (TPSA) is 55.4 Å². The van der Waals surface area contributed by atoms with Crippen LogP contribution in [0.25, 0.3) is 0 Å². The van der Waals surface area contributed by atoms with Gasteiger partial charge in [-0.3, -0.25) is 0 Å². The molecule has 0 aliphatic carbocycles. The second-order valence-corrected chi connectivity index (χ2v) is 8.71. The van der Waals surface area contributed by atoms with Crippen molar-refractivity contribution in [3.63, 3.8) is 0 Å². The maximum absolute atomic E-state index is 12.1. The predicted molar refractivity (Wildman–Crippen MR) is 94.9 cm³/mol. The molecule has 2 rings (SSSR count). The number of ether oxygens (including phenoxy) is 1. The summed E-state index contributed by atoms with van der Waals surface area (Å²) in [5.74, 6) is 1.23. The van der Waals surface area contributed by atoms with Crippen molar-refractivity contribution in [2.24, 2.45) is 0 Å². The zero-order valence-electron chi connectivity index (χ0n) is 13.7. The molecule has 0 saturated heterocycles. The van der Waals surface area contributed by atoms with Crippen molar-refractivity contribution < 1.29 is 13.2 Å². The number of sulfonamides is 1. The van der Waals surface area contributed by atoms with Gasteiger partial charge >= 0.3 is 0 Å². The van der Waals surface area contributed by atoms with Gasteiger partial charge < -0.3 is 4.74 Å². The molecule has 6 heteroatoms. The average molecular weight is 354 g/mol. The Hall–Kier alpha value is -1.37. The molecule has 0 bridgehead atoms. The van der Waals surface area contributed by atoms with E-state index in [0.717, 1.165) is 17.0 Å². The molecule has 0 amide bonds. The summed E-state index contributed by atoms with van der Waals surface area (Å²) in [5.41, 5.74) is 1.25. The van der Waals surface area contributed by atoms with E-state index in [1.165, 1.54) is 16.9 Å². The molecule has 0 radical (unpaired) electrons. The summed E-state index contributed by atoms with van der Waals surface area (Å²) >= 11 is 1.31. The summed E-state index contributed by atoms with van der Waals surface area (Å²) in [6.45, 7) is 6.83. The van der Waals surface area contributed by atoms with E-state index < -0.39 is 10.0 Å². The maximum atomic E-state index is 12.1. The minimum Gasteiger partial charge on any atom is -0.492 e. The number of thiophene rings is 1. The smallest absolute Gasteiger partial charge is 0.250 e. The first-order valence-electron chi connectivity index (χ1n) is 7.73. The lowest BCUT2D eigenvalue weighted by Gasteiger charge is -2.09. The van der Waals surface area contributed by atoms with Crippen molar-refractivity contribution in [2.75, 3.05) is 13.2 Å². The highest BCUT2D eigenvalue weighted by Crippen LogP contribution is 2.21. The number of nitrogens with one attached hydrogen (secondary N) is 1. The zero-order valence-corrected chi connectivity index (χ0v) is 15.3. The number of benzene rings is 1. The summed E-state index contributed by atoms with van der Waals surface area (Å²) in [7, 11) is -3.43. The highest BCUT2D eigenvalue weighted by molar-refractivity contribution is 7.91. The Morgan fingerprint density at radius 3 is 2.39 bits per heavy atom. The normalized spacial score (nSPS) is 11.8. The van der Waals surface area contributed by atoms with Crippen LogP contribution in [0.1, 0.15) is 37.1 Å². The first-order chi connectivity index (χ1) is 10.9. The van der Waals surface area contributed by atoms with Crippen LogP contribution in [0, 0.1) is 0 Å². The molecule has 1 aromatic heterocycles. The fraction of sp³-hybridized carbons (Fsp3) is 0.412. The highest BCUT2D eigenvalue weighted by atomic mass is 32.2. The van der Waals surface area contributed by atoms with Gasteiger partial charge in [-0.05, 0) is 42.2 Å². The second-order valence-electron chi connectivity index (χ2n) is 5.54. The number of hydrogen-bond acceptors (Lipinski definition) is 4. The van der Waals surface area contributed by atoms with Gasteiger partial charge in [0.25, 0.3) is 0 Å². The van der Waals surface area contributed by atoms with E-state index in [0.29, 0.717) is 16.7 Å². The molecule has 0 unspecified atom stereocenters. The van der Waals surface area contributed by atoms with Crippen LogP contribution in [-0.2, 0) is 16.4 Å². The molecule has 1 heterocycles. The van der Waals surface area contributed by atoms with Gasteiger partial charge in [-0.1, -0.05) is 32.9 Å². The van der Waals surface area contributed by atoms with Crippen molar-refractivity contribution in [1.82, 2.24) is 4.72 Å². The molecular weight excluding hydrogens is 330 g/mol. The monoisotopic (exact) mass is 353 g/mol. The Morgan fingerprint density at radius 2 is 1.83 bits per heavy atom. The second kappa shape index (κ2) is 7.95. The molecule has 126 valence electrons. The van der Waals surface area contributed by atoms with E-state index in [1.54, 1.807) is 6.07 Å². The Bertz CT molecular complexity index is 719. The lowest BCUT2D eigenvalue weighted by atomic mass is 10.0. The van der Waals surface area contributed by atoms with Gasteiger partial charge in [-0.25, -0.2) is 13.1 Å². The number of hydrogen-bond donors (Lipinski definition) is 1. The van der Waals surface area contributed by atoms with Crippen LogP contribution in [-0.4, -0.2) is 21.6 Å². The summed E-state index contributed by atoms with van der Waals surface area (Å²) < 4.78 is 32.8. The van der Waals surface area contributed by atoms with Gasteiger partial charge in [0.15, 0.2) is 0 Å². The average Bonchev–Trinajstić information content (AvgIpc) is 3.02. The molecule has 23 heavy (non-hydrogen) atoms. The number of aryl methyl sites for hydroxylation is 1. The van der Waals surface area contributed by atoms with Crippen molar-refractivity contribution in [3.05, 3.63) is 46.8 Å². The molecule has 2 aromatic rings. The minimum absolute atomic E-state index is 0.244. The molecule has 1 aromatic carbocycles. The van der Waals surface area contributed by atoms with E-state index in [9.17, 15) is 8.42 Å². The molecule has 0 spiro atoms. The first kappa shape index (κ1) is 18.0. The van der Waals surface area contributed by atoms with Crippen molar-refractivity contribution in [3.8, 4) is 5.75 Å². The summed E-state index contributed by atoms with van der Waals surface area (Å²) in [6, 6.07) is 11.4. The predicted octanol–water partition coefficient (Wildman–Crippen LogP) is 3.79. The van der Waals surface area contributed by atoms with E-state index in [-0.39, 0.29) is 6.54 Å². The summed E-state index contributed by atoms with van der Waals surface area (Å²) in [4.78, 5) is 1.06. The van der Waals surface area contributed by atoms with Gasteiger partial charge in [0.1, 0.15) is 16.6 Å². The third-order valence-corrected chi connectivity index (χ3v) is 6.64. The molecule has 0 saturated carbocycles. The van der Waals surface area contributed by atoms with Crippen LogP contribution in [0.2, 0.25) is 0 Å². The molecule has 1 N–H and O–H groups in total. The summed E-state index contributed by atoms with van der Waals surface area (Å²) in [5, 5.41) is 0. The zero-order chi connectivity index (χ0) is 16.9. The largest absolute Gasteiger partial charge is 0.492 e. The van der Waals surface area contributed by atoms with E-state index in [1.807, 2.05) is 37.3 Å². The van der Waals surface area contributed by atoms with Gasteiger partial charge in [0.2, 0.25) is 10.0 Å². The Morgan fingerprint density at radius 1 is 1.13 bits per heavy atom. The summed E-state index contributed by atoms with van der Waals surface area (Å²) in [6.07, 6.45) is 0.843. The van der Waals surface area contributed by atoms with E-state index >= 15 is 0 Å². The Kier molecular flexibility index (Phi) is 6.21. The van der Waals surface area contributed by atoms with Gasteiger partial charge in [0.05, 0.1) is 0 Å². The highest BCUT2D eigenvalue weighted by Gasteiger charge is 2.15. The van der Waals surface area contributed by atoms with Gasteiger partial charge in [-0.2, -0.15) is 0 Å². The first-order valence-corrected chi connectivity index (χ1v) is 10.0. The van der Waals surface area contributed by atoms with Crippen LogP contribution < -0.4 is 9.46 Å². The van der Waals surface area contributed by atoms with Gasteiger partial charge in [0, 0.05) is 11.4 Å². The maximum Gasteiger partial charge on any atom is 0.250 e. The fourth-order valence-electron chi connectivity index (χ4n) is 2.06. The standard InChI is InChI=1S/C17H23NO3S2/c1-4-16-9-10-17(22-16)23(19,20)18-11-12-21-15-7-5-14(6-8-15)13(2)3/h5-10,13,18H,4,11-12H2,1-3H3. The fourth-order valence-corrected chi connectivity index (χ4v) is 4.41. The van der Waals surface area contributed by atoms with Crippen molar-refractivity contribution in [1.29, 1.82) is 0 Å². The molecule has 0 aliphatic heterocycles. The van der Waals surface area contributed by atoms with Crippen molar-refractivity contribution >= 4 is 21.4 Å². The van der Waals surface area contributed by atoms with Crippen LogP contribution in [0.3, 0.4) is 0 Å².